The van der Waals surface area contributed by atoms with Crippen LogP contribution in [-0.4, -0.2) is 12.2 Å². The Labute approximate surface area is 131 Å². The second-order valence-corrected chi connectivity index (χ2v) is 5.61. The fourth-order valence-electron chi connectivity index (χ4n) is 2.90. The maximum absolute atomic E-state index is 10.6. The lowest BCUT2D eigenvalue weighted by Gasteiger charge is -2.17. The Morgan fingerprint density at radius 3 is 2.50 bits per heavy atom. The number of rotatable bonds is 2. The number of hydrogen-bond acceptors (Lipinski definition) is 2. The average molecular weight is 292 g/mol. The number of methoxy groups -OCH3 is 1. The molecule has 0 aromatic heterocycles. The van der Waals surface area contributed by atoms with Gasteiger partial charge in [0.05, 0.1) is 7.11 Å². The standard InChI is InChI=1S/C20H20O2/c1-14-8-9-16-12-17(22-2)10-11-18(16)20(21)13-19(14)15-6-4-3-5-7-15/h3-7,10-13,21H,8-9H2,1-2H3/b19-14-,20-13+. The maximum Gasteiger partial charge on any atom is 0.123 e. The highest BCUT2D eigenvalue weighted by atomic mass is 16.5. The first-order valence-corrected chi connectivity index (χ1v) is 7.52. The molecule has 2 nitrogen and oxygen atoms in total. The molecule has 0 bridgehead atoms. The van der Waals surface area contributed by atoms with Crippen molar-refractivity contribution in [2.75, 3.05) is 7.11 Å². The molecule has 3 rings (SSSR count). The first-order valence-electron chi connectivity index (χ1n) is 7.52. The molecule has 1 aliphatic carbocycles. The number of fused-ring (bicyclic) bond motifs is 1. The molecule has 0 unspecified atom stereocenters. The van der Waals surface area contributed by atoms with E-state index in [4.69, 9.17) is 4.74 Å². The first-order chi connectivity index (χ1) is 10.7. The van der Waals surface area contributed by atoms with E-state index in [0.717, 1.165) is 40.9 Å². The van der Waals surface area contributed by atoms with Gasteiger partial charge in [-0.3, -0.25) is 0 Å². The van der Waals surface area contributed by atoms with Crippen LogP contribution in [0.2, 0.25) is 0 Å². The van der Waals surface area contributed by atoms with Crippen LogP contribution in [0.1, 0.15) is 30.0 Å². The summed E-state index contributed by atoms with van der Waals surface area (Å²) in [6, 6.07) is 16.1. The fraction of sp³-hybridized carbons (Fsp3) is 0.200. The van der Waals surface area contributed by atoms with Gasteiger partial charge in [-0.15, -0.1) is 0 Å². The Morgan fingerprint density at radius 2 is 1.77 bits per heavy atom. The van der Waals surface area contributed by atoms with Gasteiger partial charge in [-0.1, -0.05) is 35.9 Å². The van der Waals surface area contributed by atoms with Gasteiger partial charge in [-0.25, -0.2) is 0 Å². The lowest BCUT2D eigenvalue weighted by Crippen LogP contribution is -2.01. The summed E-state index contributed by atoms with van der Waals surface area (Å²) in [5, 5.41) is 10.6. The third-order valence-corrected chi connectivity index (χ3v) is 4.18. The monoisotopic (exact) mass is 292 g/mol. The molecule has 1 N–H and O–H groups in total. The van der Waals surface area contributed by atoms with Gasteiger partial charge in [0.2, 0.25) is 0 Å². The van der Waals surface area contributed by atoms with E-state index in [0.29, 0.717) is 5.76 Å². The Bertz CT molecular complexity index is 740. The van der Waals surface area contributed by atoms with E-state index in [2.05, 4.69) is 19.1 Å². The largest absolute Gasteiger partial charge is 0.507 e. The lowest BCUT2D eigenvalue weighted by atomic mass is 9.90. The molecule has 2 heteroatoms. The molecule has 0 fully saturated rings. The summed E-state index contributed by atoms with van der Waals surface area (Å²) in [7, 11) is 1.67. The van der Waals surface area contributed by atoms with Gasteiger partial charge in [0.25, 0.3) is 0 Å². The number of ether oxygens (including phenoxy) is 1. The molecule has 2 aromatic carbocycles. The summed E-state index contributed by atoms with van der Waals surface area (Å²) in [5.41, 5.74) is 5.55. The number of allylic oxidation sites excluding steroid dienone is 3. The first kappa shape index (κ1) is 14.5. The van der Waals surface area contributed by atoms with E-state index in [-0.39, 0.29) is 0 Å². The smallest absolute Gasteiger partial charge is 0.123 e. The molecule has 0 amide bonds. The quantitative estimate of drug-likeness (QED) is 0.842. The fourth-order valence-corrected chi connectivity index (χ4v) is 2.90. The van der Waals surface area contributed by atoms with Crippen molar-refractivity contribution in [3.05, 3.63) is 76.9 Å². The van der Waals surface area contributed by atoms with Gasteiger partial charge in [0.15, 0.2) is 0 Å². The Kier molecular flexibility index (Phi) is 4.01. The van der Waals surface area contributed by atoms with E-state index in [1.807, 2.05) is 42.5 Å². The van der Waals surface area contributed by atoms with Crippen LogP contribution in [0.5, 0.6) is 5.75 Å². The predicted octanol–water partition coefficient (Wildman–Crippen LogP) is 5.01. The third kappa shape index (κ3) is 2.77. The van der Waals surface area contributed by atoms with Crippen molar-refractivity contribution in [1.82, 2.24) is 0 Å². The van der Waals surface area contributed by atoms with Gasteiger partial charge < -0.3 is 9.84 Å². The average Bonchev–Trinajstić information content (AvgIpc) is 2.56. The minimum Gasteiger partial charge on any atom is -0.507 e. The van der Waals surface area contributed by atoms with Gasteiger partial charge in [0.1, 0.15) is 11.5 Å². The van der Waals surface area contributed by atoms with Crippen LogP contribution in [-0.2, 0) is 6.42 Å². The van der Waals surface area contributed by atoms with Crippen molar-refractivity contribution in [2.45, 2.75) is 19.8 Å². The van der Waals surface area contributed by atoms with Crippen LogP contribution in [0.25, 0.3) is 11.3 Å². The highest BCUT2D eigenvalue weighted by molar-refractivity contribution is 5.84. The Morgan fingerprint density at radius 1 is 1.00 bits per heavy atom. The Hall–Kier alpha value is -2.48. The molecular weight excluding hydrogens is 272 g/mol. The minimum atomic E-state index is 0.315. The summed E-state index contributed by atoms with van der Waals surface area (Å²) < 4.78 is 5.29. The van der Waals surface area contributed by atoms with Gasteiger partial charge >= 0.3 is 0 Å². The third-order valence-electron chi connectivity index (χ3n) is 4.18. The molecule has 0 spiro atoms. The normalized spacial score (nSPS) is 20.4. The highest BCUT2D eigenvalue weighted by Gasteiger charge is 2.14. The molecule has 0 saturated carbocycles. The van der Waals surface area contributed by atoms with Crippen molar-refractivity contribution < 1.29 is 9.84 Å². The number of aliphatic hydroxyl groups is 1. The van der Waals surface area contributed by atoms with E-state index in [1.54, 1.807) is 7.11 Å². The molecule has 0 atom stereocenters. The Balaban J connectivity index is 2.09. The molecule has 0 saturated heterocycles. The number of aliphatic hydroxyl groups excluding tert-OH is 1. The van der Waals surface area contributed by atoms with Crippen molar-refractivity contribution >= 4 is 11.3 Å². The van der Waals surface area contributed by atoms with Crippen LogP contribution in [0.3, 0.4) is 0 Å². The summed E-state index contributed by atoms with van der Waals surface area (Å²) in [6.45, 7) is 2.14. The van der Waals surface area contributed by atoms with E-state index in [9.17, 15) is 5.11 Å². The predicted molar refractivity (Wildman–Crippen MR) is 91.0 cm³/mol. The zero-order valence-electron chi connectivity index (χ0n) is 13.0. The van der Waals surface area contributed by atoms with Crippen LogP contribution in [0.4, 0.5) is 0 Å². The van der Waals surface area contributed by atoms with Crippen LogP contribution < -0.4 is 4.74 Å². The second-order valence-electron chi connectivity index (χ2n) is 5.61. The van der Waals surface area contributed by atoms with Crippen LogP contribution in [0, 0.1) is 0 Å². The lowest BCUT2D eigenvalue weighted by molar-refractivity contribution is 0.414. The molecular formula is C20H20O2. The number of hydrogen-bond donors (Lipinski definition) is 1. The minimum absolute atomic E-state index is 0.315. The molecule has 2 aromatic rings. The molecule has 0 aliphatic heterocycles. The van der Waals surface area contributed by atoms with Gasteiger partial charge in [0, 0.05) is 5.56 Å². The van der Waals surface area contributed by atoms with E-state index < -0.39 is 0 Å². The maximum atomic E-state index is 10.6. The second kappa shape index (κ2) is 6.10. The summed E-state index contributed by atoms with van der Waals surface area (Å²) in [4.78, 5) is 0. The number of benzene rings is 2. The summed E-state index contributed by atoms with van der Waals surface area (Å²) in [6.07, 6.45) is 3.75. The molecule has 112 valence electrons. The highest BCUT2D eigenvalue weighted by Crippen LogP contribution is 2.32. The van der Waals surface area contributed by atoms with Crippen LogP contribution in [0.15, 0.2) is 60.2 Å². The molecule has 0 heterocycles. The van der Waals surface area contributed by atoms with Crippen LogP contribution >= 0.6 is 0 Å². The topological polar surface area (TPSA) is 29.5 Å². The number of aryl methyl sites for hydroxylation is 1. The van der Waals surface area contributed by atoms with E-state index in [1.165, 1.54) is 5.57 Å². The van der Waals surface area contributed by atoms with Gasteiger partial charge in [-0.2, -0.15) is 0 Å². The SMILES string of the molecule is COc1ccc2c(c1)CC/C(C)=C(c1ccccc1)/C=C\2O. The summed E-state index contributed by atoms with van der Waals surface area (Å²) in [5.74, 6) is 1.15. The van der Waals surface area contributed by atoms with Gasteiger partial charge in [-0.05, 0) is 60.7 Å². The van der Waals surface area contributed by atoms with Crippen molar-refractivity contribution in [1.29, 1.82) is 0 Å². The van der Waals surface area contributed by atoms with Crippen molar-refractivity contribution in [2.24, 2.45) is 0 Å². The molecule has 1 aliphatic rings. The van der Waals surface area contributed by atoms with Crippen molar-refractivity contribution in [3.8, 4) is 5.75 Å². The van der Waals surface area contributed by atoms with Crippen molar-refractivity contribution in [3.63, 3.8) is 0 Å². The van der Waals surface area contributed by atoms with E-state index >= 15 is 0 Å². The molecule has 22 heavy (non-hydrogen) atoms. The molecule has 0 radical (unpaired) electrons. The zero-order valence-corrected chi connectivity index (χ0v) is 13.0. The summed E-state index contributed by atoms with van der Waals surface area (Å²) >= 11 is 0. The zero-order chi connectivity index (χ0) is 15.5.